The van der Waals surface area contributed by atoms with E-state index in [1.165, 1.54) is 180 Å². The molecule has 0 aliphatic rings. The molecular weight excluding hydrogens is 675 g/mol. The second-order valence-electron chi connectivity index (χ2n) is 15.4. The summed E-state index contributed by atoms with van der Waals surface area (Å²) in [4.78, 5) is 42.8. The minimum atomic E-state index is -4.74. The van der Waals surface area contributed by atoms with E-state index in [0.29, 0.717) is 6.42 Å². The lowest BCUT2D eigenvalue weighted by Crippen LogP contribution is -2.29. The highest BCUT2D eigenvalue weighted by Crippen LogP contribution is 2.36. The average Bonchev–Trinajstić information content (AvgIpc) is 3.11. The van der Waals surface area contributed by atoms with Gasteiger partial charge in [0.2, 0.25) is 0 Å². The molecule has 0 rings (SSSR count). The molecule has 0 bridgehead atoms. The Hall–Kier alpha value is -0.950. The number of ether oxygens (including phenoxy) is 2. The molecule has 0 fully saturated rings. The Morgan fingerprint density at radius 1 is 0.423 bits per heavy atom. The molecule has 0 aliphatic carbocycles. The van der Waals surface area contributed by atoms with Crippen molar-refractivity contribution < 1.29 is 37.9 Å². The maximum Gasteiger partial charge on any atom is 0.469 e. The van der Waals surface area contributed by atoms with Gasteiger partial charge >= 0.3 is 19.8 Å². The first-order valence-electron chi connectivity index (χ1n) is 22.3. The van der Waals surface area contributed by atoms with Crippen LogP contribution in [0.25, 0.3) is 0 Å². The Balaban J connectivity index is 3.78. The number of rotatable bonds is 42. The van der Waals surface area contributed by atoms with Crippen molar-refractivity contribution in [1.82, 2.24) is 0 Å². The first-order valence-corrected chi connectivity index (χ1v) is 23.9. The zero-order valence-corrected chi connectivity index (χ0v) is 35.1. The molecule has 1 unspecified atom stereocenters. The molecule has 0 amide bonds. The Labute approximate surface area is 321 Å². The zero-order chi connectivity index (χ0) is 38.2. The number of phosphoric acid groups is 1. The van der Waals surface area contributed by atoms with Gasteiger partial charge in [-0.05, 0) is 12.8 Å². The summed E-state index contributed by atoms with van der Waals surface area (Å²) in [5.74, 6) is -0.867. The van der Waals surface area contributed by atoms with Crippen molar-refractivity contribution in [3.8, 4) is 0 Å². The third kappa shape index (κ3) is 41.8. The molecule has 0 saturated carbocycles. The summed E-state index contributed by atoms with van der Waals surface area (Å²) in [6, 6.07) is 0. The first kappa shape index (κ1) is 51.0. The smallest absolute Gasteiger partial charge is 0.462 e. The summed E-state index contributed by atoms with van der Waals surface area (Å²) >= 11 is 0. The summed E-state index contributed by atoms with van der Waals surface area (Å²) in [6.45, 7) is 3.72. The van der Waals surface area contributed by atoms with Crippen LogP contribution in [-0.4, -0.2) is 41.0 Å². The van der Waals surface area contributed by atoms with Gasteiger partial charge in [0.25, 0.3) is 0 Å². The van der Waals surface area contributed by atoms with Crippen molar-refractivity contribution in [2.24, 2.45) is 0 Å². The molecule has 0 aromatic heterocycles. The Bertz CT molecular complexity index is 817. The van der Waals surface area contributed by atoms with Crippen molar-refractivity contribution in [1.29, 1.82) is 0 Å². The van der Waals surface area contributed by atoms with E-state index >= 15 is 0 Å². The van der Waals surface area contributed by atoms with Crippen LogP contribution in [0.5, 0.6) is 0 Å². The third-order valence-electron chi connectivity index (χ3n) is 10.1. The molecule has 0 aliphatic heterocycles. The lowest BCUT2D eigenvalue weighted by atomic mass is 10.0. The van der Waals surface area contributed by atoms with E-state index in [2.05, 4.69) is 18.4 Å². The highest BCUT2D eigenvalue weighted by molar-refractivity contribution is 7.46. The maximum absolute atomic E-state index is 12.4. The molecule has 0 saturated heterocycles. The van der Waals surface area contributed by atoms with Gasteiger partial charge in [-0.3, -0.25) is 14.1 Å². The van der Waals surface area contributed by atoms with Gasteiger partial charge in [-0.1, -0.05) is 219 Å². The van der Waals surface area contributed by atoms with Crippen molar-refractivity contribution in [3.05, 3.63) is 0 Å². The van der Waals surface area contributed by atoms with Crippen LogP contribution in [0.2, 0.25) is 0 Å². The van der Waals surface area contributed by atoms with Crippen LogP contribution in [0.4, 0.5) is 0 Å². The molecule has 0 aromatic rings. The highest BCUT2D eigenvalue weighted by Gasteiger charge is 2.23. The van der Waals surface area contributed by atoms with Gasteiger partial charge in [0.15, 0.2) is 6.10 Å². The van der Waals surface area contributed by atoms with Crippen molar-refractivity contribution in [3.63, 3.8) is 0 Å². The van der Waals surface area contributed by atoms with Crippen molar-refractivity contribution >= 4 is 19.8 Å². The topological polar surface area (TPSA) is 119 Å². The van der Waals surface area contributed by atoms with Crippen LogP contribution in [0.15, 0.2) is 0 Å². The van der Waals surface area contributed by atoms with Gasteiger partial charge in [0, 0.05) is 12.8 Å². The van der Waals surface area contributed by atoms with E-state index in [1.54, 1.807) is 0 Å². The molecule has 310 valence electrons. The van der Waals surface area contributed by atoms with E-state index < -0.39 is 32.5 Å². The van der Waals surface area contributed by atoms with E-state index in [9.17, 15) is 14.2 Å². The van der Waals surface area contributed by atoms with Crippen LogP contribution in [0, 0.1) is 0 Å². The lowest BCUT2D eigenvalue weighted by Gasteiger charge is -2.18. The van der Waals surface area contributed by atoms with Crippen LogP contribution >= 0.6 is 7.82 Å². The van der Waals surface area contributed by atoms with Crippen LogP contribution in [0.1, 0.15) is 245 Å². The fourth-order valence-electron chi connectivity index (χ4n) is 6.79. The maximum atomic E-state index is 12.4. The lowest BCUT2D eigenvalue weighted by molar-refractivity contribution is -0.161. The van der Waals surface area contributed by atoms with Gasteiger partial charge in [-0.25, -0.2) is 4.57 Å². The molecule has 8 nitrogen and oxygen atoms in total. The molecule has 0 aromatic carbocycles. The molecule has 9 heteroatoms. The van der Waals surface area contributed by atoms with Crippen LogP contribution in [-0.2, 0) is 28.2 Å². The molecule has 52 heavy (non-hydrogen) atoms. The molecular formula is C43H85O8P. The predicted octanol–water partition coefficient (Wildman–Crippen LogP) is 13.6. The quantitative estimate of drug-likeness (QED) is 0.0358. The second-order valence-corrected chi connectivity index (χ2v) is 16.6. The number of hydrogen-bond donors (Lipinski definition) is 2. The normalized spacial score (nSPS) is 12.3. The summed E-state index contributed by atoms with van der Waals surface area (Å²) in [7, 11) is -4.74. The monoisotopic (exact) mass is 761 g/mol. The summed E-state index contributed by atoms with van der Waals surface area (Å²) < 4.78 is 26.4. The standard InChI is InChI=1S/C43H85O8P/c1-3-5-7-9-11-13-15-17-18-19-20-21-22-23-24-25-26-28-30-32-34-36-38-43(45)51-41(40-50-52(46,47)48)39-49-42(44)37-35-33-31-29-27-16-14-12-10-8-6-4-2/h41H,3-40H2,1-2H3,(H2,46,47,48). The number of carbonyl (C=O) groups is 2. The van der Waals surface area contributed by atoms with Crippen LogP contribution < -0.4 is 0 Å². The minimum Gasteiger partial charge on any atom is -0.462 e. The van der Waals surface area contributed by atoms with E-state index in [0.717, 1.165) is 32.1 Å². The van der Waals surface area contributed by atoms with Crippen molar-refractivity contribution in [2.45, 2.75) is 251 Å². The largest absolute Gasteiger partial charge is 0.469 e. The summed E-state index contributed by atoms with van der Waals surface area (Å²) in [5.41, 5.74) is 0. The van der Waals surface area contributed by atoms with E-state index in [-0.39, 0.29) is 19.4 Å². The predicted molar refractivity (Wildman–Crippen MR) is 216 cm³/mol. The Kier molecular flexibility index (Phi) is 39.0. The van der Waals surface area contributed by atoms with Gasteiger partial charge in [0.05, 0.1) is 6.61 Å². The van der Waals surface area contributed by atoms with E-state index in [4.69, 9.17) is 19.3 Å². The fourth-order valence-corrected chi connectivity index (χ4v) is 7.15. The number of unbranched alkanes of at least 4 members (excludes halogenated alkanes) is 32. The summed E-state index contributed by atoms with van der Waals surface area (Å²) in [6.07, 6.45) is 42.6. The first-order chi connectivity index (χ1) is 25.3. The third-order valence-corrected chi connectivity index (χ3v) is 10.6. The molecule has 0 spiro atoms. The number of hydrogen-bond acceptors (Lipinski definition) is 6. The fraction of sp³-hybridized carbons (Fsp3) is 0.953. The van der Waals surface area contributed by atoms with Gasteiger partial charge in [-0.2, -0.15) is 0 Å². The summed E-state index contributed by atoms with van der Waals surface area (Å²) in [5, 5.41) is 0. The average molecular weight is 761 g/mol. The minimum absolute atomic E-state index is 0.221. The Morgan fingerprint density at radius 2 is 0.692 bits per heavy atom. The Morgan fingerprint density at radius 3 is 0.981 bits per heavy atom. The van der Waals surface area contributed by atoms with Gasteiger partial charge in [0.1, 0.15) is 6.61 Å². The molecule has 0 radical (unpaired) electrons. The SMILES string of the molecule is CCCCCCCCCCCCCCCCCCCCCCCCC(=O)OC(COC(=O)CCCCCCCCCCCCCC)COP(=O)(O)O. The number of phosphoric ester groups is 1. The molecule has 1 atom stereocenters. The molecule has 0 heterocycles. The van der Waals surface area contributed by atoms with Gasteiger partial charge < -0.3 is 19.3 Å². The zero-order valence-electron chi connectivity index (χ0n) is 34.2. The van der Waals surface area contributed by atoms with Gasteiger partial charge in [-0.15, -0.1) is 0 Å². The number of carbonyl (C=O) groups excluding carboxylic acids is 2. The van der Waals surface area contributed by atoms with Crippen molar-refractivity contribution in [2.75, 3.05) is 13.2 Å². The van der Waals surface area contributed by atoms with E-state index in [1.807, 2.05) is 0 Å². The molecule has 2 N–H and O–H groups in total. The second kappa shape index (κ2) is 39.7. The van der Waals surface area contributed by atoms with Crippen LogP contribution in [0.3, 0.4) is 0 Å². The number of esters is 2. The highest BCUT2D eigenvalue weighted by atomic mass is 31.2.